The Morgan fingerprint density at radius 2 is 1.68 bits per heavy atom. The molecule has 0 bridgehead atoms. The van der Waals surface area contributed by atoms with Gasteiger partial charge in [-0.1, -0.05) is 28.1 Å². The maximum atomic E-state index is 13.0. The third kappa shape index (κ3) is 3.66. The van der Waals surface area contributed by atoms with Crippen LogP contribution in [0.15, 0.2) is 81.4 Å². The quantitative estimate of drug-likeness (QED) is 0.255. The number of aliphatic hydroxyl groups excluding tert-OH is 1. The summed E-state index contributed by atoms with van der Waals surface area (Å²) in [4.78, 5) is 38.9. The number of ketones is 1. The lowest BCUT2D eigenvalue weighted by atomic mass is 9.99. The van der Waals surface area contributed by atoms with Gasteiger partial charge in [-0.25, -0.2) is 4.79 Å². The van der Waals surface area contributed by atoms with Crippen LogP contribution in [-0.4, -0.2) is 29.9 Å². The Labute approximate surface area is 185 Å². The van der Waals surface area contributed by atoms with Gasteiger partial charge < -0.3 is 14.3 Å². The summed E-state index contributed by atoms with van der Waals surface area (Å²) >= 11 is 3.33. The number of amides is 1. The zero-order chi connectivity index (χ0) is 22.1. The molecule has 1 aromatic heterocycles. The van der Waals surface area contributed by atoms with Gasteiger partial charge in [-0.15, -0.1) is 0 Å². The number of ether oxygens (including phenoxy) is 1. The summed E-state index contributed by atoms with van der Waals surface area (Å²) in [5.41, 5.74) is 0.969. The van der Waals surface area contributed by atoms with Crippen molar-refractivity contribution in [3.63, 3.8) is 0 Å². The fourth-order valence-electron chi connectivity index (χ4n) is 3.45. The first kappa shape index (κ1) is 20.6. The van der Waals surface area contributed by atoms with Gasteiger partial charge in [-0.2, -0.15) is 0 Å². The van der Waals surface area contributed by atoms with Crippen LogP contribution in [0.3, 0.4) is 0 Å². The first-order chi connectivity index (χ1) is 14.9. The molecule has 3 aromatic rings. The first-order valence-electron chi connectivity index (χ1n) is 9.21. The number of esters is 1. The van der Waals surface area contributed by atoms with E-state index in [4.69, 9.17) is 9.15 Å². The molecule has 0 radical (unpaired) electrons. The second-order valence-electron chi connectivity index (χ2n) is 6.73. The first-order valence-corrected chi connectivity index (χ1v) is 10.0. The van der Waals surface area contributed by atoms with Crippen LogP contribution in [0.1, 0.15) is 27.7 Å². The second kappa shape index (κ2) is 8.23. The summed E-state index contributed by atoms with van der Waals surface area (Å²) in [7, 11) is 1.27. The monoisotopic (exact) mass is 481 g/mol. The van der Waals surface area contributed by atoms with Gasteiger partial charge in [0.2, 0.25) is 0 Å². The molecule has 31 heavy (non-hydrogen) atoms. The third-order valence-electron chi connectivity index (χ3n) is 4.94. The number of carbonyl (C=O) groups excluding carboxylic acids is 3. The molecule has 1 atom stereocenters. The minimum atomic E-state index is -0.970. The highest BCUT2D eigenvalue weighted by atomic mass is 79.9. The predicted molar refractivity (Wildman–Crippen MR) is 115 cm³/mol. The van der Waals surface area contributed by atoms with Gasteiger partial charge in [-0.05, 0) is 48.5 Å². The number of carbonyl (C=O) groups is 3. The number of hydrogen-bond acceptors (Lipinski definition) is 6. The molecule has 0 spiro atoms. The van der Waals surface area contributed by atoms with E-state index in [2.05, 4.69) is 15.9 Å². The lowest BCUT2D eigenvalue weighted by Gasteiger charge is -2.23. The molecule has 8 heteroatoms. The standard InChI is InChI=1S/C23H16BrNO6/c1-30-23(29)14-6-10-16(11-7-14)25-19(17-3-2-12-31-17)18(21(27)22(25)28)20(26)13-4-8-15(24)9-5-13/h2-12,19,26H,1H3/b20-18-. The second-order valence-corrected chi connectivity index (χ2v) is 7.65. The molecule has 4 rings (SSSR count). The van der Waals surface area contributed by atoms with Crippen molar-refractivity contribution in [1.82, 2.24) is 0 Å². The van der Waals surface area contributed by atoms with E-state index in [0.29, 0.717) is 22.6 Å². The van der Waals surface area contributed by atoms with Crippen LogP contribution < -0.4 is 4.90 Å². The molecule has 156 valence electrons. The van der Waals surface area contributed by atoms with Gasteiger partial charge in [0.05, 0.1) is 24.5 Å². The highest BCUT2D eigenvalue weighted by Gasteiger charge is 2.48. The normalized spacial score (nSPS) is 17.7. The molecular formula is C23H16BrNO6. The SMILES string of the molecule is COC(=O)c1ccc(N2C(=O)C(=O)/C(=C(\O)c3ccc(Br)cc3)C2c2ccco2)cc1. The predicted octanol–water partition coefficient (Wildman–Crippen LogP) is 4.46. The minimum absolute atomic E-state index is 0.0840. The summed E-state index contributed by atoms with van der Waals surface area (Å²) < 4.78 is 11.0. The fourth-order valence-corrected chi connectivity index (χ4v) is 3.72. The van der Waals surface area contributed by atoms with E-state index in [1.54, 1.807) is 36.4 Å². The maximum absolute atomic E-state index is 13.0. The molecule has 1 aliphatic heterocycles. The number of aliphatic hydroxyl groups is 1. The summed E-state index contributed by atoms with van der Waals surface area (Å²) in [6.45, 7) is 0. The van der Waals surface area contributed by atoms with Crippen molar-refractivity contribution in [1.29, 1.82) is 0 Å². The molecule has 2 heterocycles. The van der Waals surface area contributed by atoms with Crippen molar-refractivity contribution in [3.05, 3.63) is 93.9 Å². The number of halogens is 1. The summed E-state index contributed by atoms with van der Waals surface area (Å²) in [5.74, 6) is -2.16. The van der Waals surface area contributed by atoms with Crippen molar-refractivity contribution in [2.75, 3.05) is 12.0 Å². The number of furan rings is 1. The van der Waals surface area contributed by atoms with Gasteiger partial charge in [0.1, 0.15) is 17.6 Å². The van der Waals surface area contributed by atoms with E-state index in [1.807, 2.05) is 0 Å². The number of anilines is 1. The van der Waals surface area contributed by atoms with Gasteiger partial charge in [0, 0.05) is 15.7 Å². The highest BCUT2D eigenvalue weighted by molar-refractivity contribution is 9.10. The summed E-state index contributed by atoms with van der Waals surface area (Å²) in [6.07, 6.45) is 1.43. The Morgan fingerprint density at radius 3 is 2.26 bits per heavy atom. The van der Waals surface area contributed by atoms with Crippen LogP contribution in [0.5, 0.6) is 0 Å². The Morgan fingerprint density at radius 1 is 1.03 bits per heavy atom. The number of hydrogen-bond donors (Lipinski definition) is 1. The largest absolute Gasteiger partial charge is 0.507 e. The van der Waals surface area contributed by atoms with Crippen LogP contribution in [0, 0.1) is 0 Å². The zero-order valence-electron chi connectivity index (χ0n) is 16.2. The van der Waals surface area contributed by atoms with Crippen molar-refractivity contribution in [3.8, 4) is 0 Å². The molecular weight excluding hydrogens is 466 g/mol. The van der Waals surface area contributed by atoms with Crippen LogP contribution >= 0.6 is 15.9 Å². The zero-order valence-corrected chi connectivity index (χ0v) is 17.8. The van der Waals surface area contributed by atoms with E-state index in [9.17, 15) is 19.5 Å². The third-order valence-corrected chi connectivity index (χ3v) is 5.47. The molecule has 2 aromatic carbocycles. The van der Waals surface area contributed by atoms with Crippen LogP contribution in [-0.2, 0) is 14.3 Å². The number of Topliss-reactive ketones (excluding diaryl/α,β-unsaturated/α-hetero) is 1. The number of methoxy groups -OCH3 is 1. The van der Waals surface area contributed by atoms with Crippen molar-refractivity contribution < 1.29 is 28.6 Å². The average molecular weight is 482 g/mol. The Balaban J connectivity index is 1.85. The van der Waals surface area contributed by atoms with E-state index in [1.165, 1.54) is 42.5 Å². The molecule has 0 saturated carbocycles. The molecule has 1 aliphatic rings. The van der Waals surface area contributed by atoms with E-state index in [0.717, 1.165) is 4.47 Å². The lowest BCUT2D eigenvalue weighted by Crippen LogP contribution is -2.29. The molecule has 1 fully saturated rings. The van der Waals surface area contributed by atoms with Crippen LogP contribution in [0.4, 0.5) is 5.69 Å². The lowest BCUT2D eigenvalue weighted by molar-refractivity contribution is -0.132. The highest BCUT2D eigenvalue weighted by Crippen LogP contribution is 2.42. The minimum Gasteiger partial charge on any atom is -0.507 e. The van der Waals surface area contributed by atoms with Gasteiger partial charge in [0.15, 0.2) is 0 Å². The smallest absolute Gasteiger partial charge is 0.337 e. The van der Waals surface area contributed by atoms with Crippen molar-refractivity contribution in [2.45, 2.75) is 6.04 Å². The van der Waals surface area contributed by atoms with E-state index < -0.39 is 23.7 Å². The summed E-state index contributed by atoms with van der Waals surface area (Å²) in [6, 6.07) is 15.1. The van der Waals surface area contributed by atoms with E-state index >= 15 is 0 Å². The molecule has 1 saturated heterocycles. The van der Waals surface area contributed by atoms with Crippen molar-refractivity contribution in [2.24, 2.45) is 0 Å². The van der Waals surface area contributed by atoms with Gasteiger partial charge in [-0.3, -0.25) is 14.5 Å². The van der Waals surface area contributed by atoms with Gasteiger partial charge in [0.25, 0.3) is 11.7 Å². The number of rotatable bonds is 4. The average Bonchev–Trinajstić information content (AvgIpc) is 3.40. The molecule has 7 nitrogen and oxygen atoms in total. The van der Waals surface area contributed by atoms with Gasteiger partial charge >= 0.3 is 5.97 Å². The molecule has 1 amide bonds. The fraction of sp³-hybridized carbons (Fsp3) is 0.0870. The number of nitrogens with zero attached hydrogens (tertiary/aromatic N) is 1. The number of benzene rings is 2. The summed E-state index contributed by atoms with van der Waals surface area (Å²) in [5, 5.41) is 10.9. The topological polar surface area (TPSA) is 97.0 Å². The Bertz CT molecular complexity index is 1180. The van der Waals surface area contributed by atoms with Crippen LogP contribution in [0.25, 0.3) is 5.76 Å². The van der Waals surface area contributed by atoms with Crippen molar-refractivity contribution >= 4 is 45.0 Å². The molecule has 1 unspecified atom stereocenters. The van der Waals surface area contributed by atoms with E-state index in [-0.39, 0.29) is 11.3 Å². The Kier molecular flexibility index (Phi) is 5.48. The molecule has 1 N–H and O–H groups in total. The van der Waals surface area contributed by atoms with Crippen LogP contribution in [0.2, 0.25) is 0 Å². The maximum Gasteiger partial charge on any atom is 0.337 e. The molecule has 0 aliphatic carbocycles. The Hall–Kier alpha value is -3.65.